The maximum absolute atomic E-state index is 12.3. The van der Waals surface area contributed by atoms with Gasteiger partial charge in [0.15, 0.2) is 0 Å². The summed E-state index contributed by atoms with van der Waals surface area (Å²) in [4.78, 5) is 12.3. The van der Waals surface area contributed by atoms with Crippen molar-refractivity contribution in [1.29, 1.82) is 0 Å². The Hall–Kier alpha value is -2.34. The van der Waals surface area contributed by atoms with Crippen LogP contribution in [0.5, 0.6) is 5.75 Å². The summed E-state index contributed by atoms with van der Waals surface area (Å²) < 4.78 is 7.46. The summed E-state index contributed by atoms with van der Waals surface area (Å²) in [6, 6.07) is 7.71. The van der Waals surface area contributed by atoms with Crippen LogP contribution in [-0.4, -0.2) is 34.0 Å². The van der Waals surface area contributed by atoms with Crippen LogP contribution in [0.15, 0.2) is 24.3 Å². The van der Waals surface area contributed by atoms with Crippen LogP contribution in [0.25, 0.3) is 0 Å². The summed E-state index contributed by atoms with van der Waals surface area (Å²) in [5.74, 6) is 1.30. The second-order valence-electron chi connectivity index (χ2n) is 7.40. The number of anilines is 1. The number of aromatic nitrogens is 2. The molecule has 0 bridgehead atoms. The number of aliphatic hydroxyl groups is 1. The molecule has 0 spiro atoms. The third-order valence-corrected chi connectivity index (χ3v) is 4.43. The first-order valence-corrected chi connectivity index (χ1v) is 8.52. The Balaban J connectivity index is 2.16. The summed E-state index contributed by atoms with van der Waals surface area (Å²) >= 11 is 0. The quantitative estimate of drug-likeness (QED) is 0.894. The molecule has 1 aromatic heterocycles. The predicted octanol–water partition coefficient (Wildman–Crippen LogP) is 2.56. The number of ether oxygens (including phenoxy) is 1. The number of aliphatic hydroxyl groups excluding tert-OH is 1. The Bertz CT molecular complexity index is 790. The number of rotatable bonds is 4. The van der Waals surface area contributed by atoms with Gasteiger partial charge in [0, 0.05) is 35.9 Å². The van der Waals surface area contributed by atoms with Crippen molar-refractivity contribution in [3.63, 3.8) is 0 Å². The van der Waals surface area contributed by atoms with Crippen LogP contribution in [0.3, 0.4) is 0 Å². The Labute approximate surface area is 147 Å². The van der Waals surface area contributed by atoms with Gasteiger partial charge in [-0.05, 0) is 6.07 Å². The van der Waals surface area contributed by atoms with Crippen LogP contribution in [0.4, 0.5) is 5.82 Å². The highest BCUT2D eigenvalue weighted by molar-refractivity contribution is 5.95. The molecule has 0 radical (unpaired) electrons. The van der Waals surface area contributed by atoms with E-state index in [1.54, 1.807) is 4.68 Å². The number of hydrogen-bond acceptors (Lipinski definition) is 4. The van der Waals surface area contributed by atoms with Crippen molar-refractivity contribution in [2.75, 3.05) is 18.5 Å². The van der Waals surface area contributed by atoms with Crippen LogP contribution in [0.1, 0.15) is 49.9 Å². The zero-order valence-corrected chi connectivity index (χ0v) is 15.2. The lowest BCUT2D eigenvalue weighted by molar-refractivity contribution is -0.116. The minimum atomic E-state index is -0.146. The number of para-hydroxylation sites is 1. The molecular formula is C19H25N3O3. The van der Waals surface area contributed by atoms with Gasteiger partial charge in [0.05, 0.1) is 12.3 Å². The number of nitrogens with zero attached hydrogens (tertiary/aromatic N) is 2. The molecule has 134 valence electrons. The van der Waals surface area contributed by atoms with Crippen molar-refractivity contribution in [2.45, 2.75) is 38.5 Å². The van der Waals surface area contributed by atoms with Gasteiger partial charge in [0.1, 0.15) is 18.2 Å². The van der Waals surface area contributed by atoms with Gasteiger partial charge in [0.2, 0.25) is 5.91 Å². The van der Waals surface area contributed by atoms with Gasteiger partial charge in [-0.1, -0.05) is 39.0 Å². The molecule has 1 aliphatic heterocycles. The number of hydrogen-bond donors (Lipinski definition) is 2. The molecule has 2 N–H and O–H groups in total. The van der Waals surface area contributed by atoms with Crippen LogP contribution in [0.2, 0.25) is 0 Å². The summed E-state index contributed by atoms with van der Waals surface area (Å²) in [7, 11) is 1.85. The van der Waals surface area contributed by atoms with Gasteiger partial charge in [-0.2, -0.15) is 5.10 Å². The molecule has 1 unspecified atom stereocenters. The Morgan fingerprint density at radius 1 is 1.36 bits per heavy atom. The molecule has 3 rings (SSSR count). The lowest BCUT2D eigenvalue weighted by Gasteiger charge is -2.28. The van der Waals surface area contributed by atoms with Crippen molar-refractivity contribution in [2.24, 2.45) is 7.05 Å². The van der Waals surface area contributed by atoms with Crippen molar-refractivity contribution >= 4 is 11.7 Å². The molecule has 0 fully saturated rings. The zero-order chi connectivity index (χ0) is 18.2. The molecule has 1 amide bonds. The third kappa shape index (κ3) is 3.26. The molecule has 6 heteroatoms. The fourth-order valence-electron chi connectivity index (χ4n) is 3.36. The van der Waals surface area contributed by atoms with Crippen molar-refractivity contribution in [1.82, 2.24) is 9.78 Å². The summed E-state index contributed by atoms with van der Waals surface area (Å²) in [5, 5.41) is 16.7. The normalized spacial score (nSPS) is 17.2. The highest BCUT2D eigenvalue weighted by Crippen LogP contribution is 2.44. The number of aryl methyl sites for hydroxylation is 1. The third-order valence-electron chi connectivity index (χ3n) is 4.43. The monoisotopic (exact) mass is 343 g/mol. The van der Waals surface area contributed by atoms with E-state index < -0.39 is 0 Å². The number of nitrogens with one attached hydrogen (secondary N) is 1. The molecule has 0 saturated heterocycles. The van der Waals surface area contributed by atoms with Gasteiger partial charge < -0.3 is 15.2 Å². The van der Waals surface area contributed by atoms with E-state index in [-0.39, 0.29) is 30.5 Å². The lowest BCUT2D eigenvalue weighted by atomic mass is 9.79. The van der Waals surface area contributed by atoms with Crippen molar-refractivity contribution in [3.8, 4) is 5.75 Å². The van der Waals surface area contributed by atoms with Crippen LogP contribution >= 0.6 is 0 Å². The maximum atomic E-state index is 12.3. The van der Waals surface area contributed by atoms with Gasteiger partial charge in [-0.15, -0.1) is 0 Å². The smallest absolute Gasteiger partial charge is 0.226 e. The van der Waals surface area contributed by atoms with Crippen LogP contribution < -0.4 is 10.1 Å². The average Bonchev–Trinajstić information content (AvgIpc) is 2.90. The SMILES string of the molecule is Cn1nc(C(C)(C)C)c2c1NC(=O)CC2c1ccccc1OCCO. The number of amides is 1. The fourth-order valence-corrected chi connectivity index (χ4v) is 3.36. The van der Waals surface area contributed by atoms with E-state index in [4.69, 9.17) is 9.84 Å². The van der Waals surface area contributed by atoms with Gasteiger partial charge >= 0.3 is 0 Å². The lowest BCUT2D eigenvalue weighted by Crippen LogP contribution is -2.26. The van der Waals surface area contributed by atoms with Gasteiger partial charge in [-0.3, -0.25) is 9.48 Å². The average molecular weight is 343 g/mol. The van der Waals surface area contributed by atoms with Crippen molar-refractivity contribution < 1.29 is 14.6 Å². The standard InChI is InChI=1S/C19H25N3O3/c1-19(2,3)17-16-13(11-15(24)20-18(16)22(4)21-17)12-7-5-6-8-14(12)25-10-9-23/h5-8,13,23H,9-11H2,1-4H3,(H,20,24). The molecule has 1 atom stereocenters. The number of carbonyl (C=O) groups is 1. The zero-order valence-electron chi connectivity index (χ0n) is 15.2. The minimum Gasteiger partial charge on any atom is -0.491 e. The molecular weight excluding hydrogens is 318 g/mol. The largest absolute Gasteiger partial charge is 0.491 e. The first-order chi connectivity index (χ1) is 11.8. The molecule has 25 heavy (non-hydrogen) atoms. The Morgan fingerprint density at radius 2 is 2.08 bits per heavy atom. The van der Waals surface area contributed by atoms with E-state index in [1.165, 1.54) is 0 Å². The number of benzene rings is 1. The molecule has 1 aromatic carbocycles. The topological polar surface area (TPSA) is 76.4 Å². The minimum absolute atomic E-state index is 0.0297. The summed E-state index contributed by atoms with van der Waals surface area (Å²) in [6.07, 6.45) is 0.348. The molecule has 2 aromatic rings. The highest BCUT2D eigenvalue weighted by atomic mass is 16.5. The first kappa shape index (κ1) is 17.5. The van der Waals surface area contributed by atoms with Gasteiger partial charge in [0.25, 0.3) is 0 Å². The van der Waals surface area contributed by atoms with E-state index in [1.807, 2.05) is 31.3 Å². The van der Waals surface area contributed by atoms with E-state index in [0.29, 0.717) is 12.2 Å². The predicted molar refractivity (Wildman–Crippen MR) is 96.0 cm³/mol. The number of carbonyl (C=O) groups excluding carboxylic acids is 1. The Kier molecular flexibility index (Phi) is 4.56. The fraction of sp³-hybridized carbons (Fsp3) is 0.474. The Morgan fingerprint density at radius 3 is 2.76 bits per heavy atom. The van der Waals surface area contributed by atoms with Crippen LogP contribution in [-0.2, 0) is 17.3 Å². The molecule has 0 saturated carbocycles. The first-order valence-electron chi connectivity index (χ1n) is 8.52. The number of fused-ring (bicyclic) bond motifs is 1. The molecule has 6 nitrogen and oxygen atoms in total. The summed E-state index contributed by atoms with van der Waals surface area (Å²) in [6.45, 7) is 6.54. The van der Waals surface area contributed by atoms with Crippen molar-refractivity contribution in [3.05, 3.63) is 41.1 Å². The van der Waals surface area contributed by atoms with Gasteiger partial charge in [-0.25, -0.2) is 0 Å². The molecule has 1 aliphatic rings. The van der Waals surface area contributed by atoms with Crippen LogP contribution in [0, 0.1) is 0 Å². The summed E-state index contributed by atoms with van der Waals surface area (Å²) in [5.41, 5.74) is 2.83. The van der Waals surface area contributed by atoms with E-state index in [9.17, 15) is 4.79 Å². The second-order valence-corrected chi connectivity index (χ2v) is 7.40. The highest BCUT2D eigenvalue weighted by Gasteiger charge is 2.37. The van der Waals surface area contributed by atoms with E-state index in [0.717, 1.165) is 22.6 Å². The molecule has 0 aliphatic carbocycles. The maximum Gasteiger partial charge on any atom is 0.226 e. The van der Waals surface area contributed by atoms with E-state index >= 15 is 0 Å². The second kappa shape index (κ2) is 6.52. The molecule has 2 heterocycles. The van der Waals surface area contributed by atoms with E-state index in [2.05, 4.69) is 31.2 Å².